The van der Waals surface area contributed by atoms with Crippen molar-refractivity contribution in [1.82, 2.24) is 9.78 Å². The molecule has 13 heavy (non-hydrogen) atoms. The number of nitrogens with zero attached hydrogens (tertiary/aromatic N) is 2. The first kappa shape index (κ1) is 10.3. The Labute approximate surface area is 79.9 Å². The van der Waals surface area contributed by atoms with E-state index in [0.29, 0.717) is 12.6 Å². The smallest absolute Gasteiger partial charge is 0.0763 e. The molecule has 0 amide bonds. The van der Waals surface area contributed by atoms with Crippen LogP contribution in [0.3, 0.4) is 0 Å². The normalized spacial score (nSPS) is 11.2. The van der Waals surface area contributed by atoms with Gasteiger partial charge in [-0.2, -0.15) is 5.10 Å². The fourth-order valence-corrected chi connectivity index (χ4v) is 1.48. The van der Waals surface area contributed by atoms with E-state index in [1.54, 1.807) is 0 Å². The molecule has 0 aromatic carbocycles. The lowest BCUT2D eigenvalue weighted by Gasteiger charge is -2.09. The molecule has 0 aliphatic rings. The molecule has 0 aliphatic carbocycles. The highest BCUT2D eigenvalue weighted by molar-refractivity contribution is 5.11. The molecule has 0 bridgehead atoms. The van der Waals surface area contributed by atoms with Gasteiger partial charge in [-0.15, -0.1) is 0 Å². The van der Waals surface area contributed by atoms with E-state index in [2.05, 4.69) is 36.6 Å². The summed E-state index contributed by atoms with van der Waals surface area (Å²) >= 11 is 0. The standard InChI is InChI=1S/C10H19N3/c1-4-5-10-6-9(7-11)12-13(10)8(2)3/h6,8H,4-5,7,11H2,1-3H3. The first-order valence-corrected chi connectivity index (χ1v) is 4.96. The van der Waals surface area contributed by atoms with Crippen LogP contribution in [0.15, 0.2) is 6.07 Å². The molecule has 1 aromatic heterocycles. The third kappa shape index (κ3) is 2.31. The van der Waals surface area contributed by atoms with Crippen LogP contribution in [0.1, 0.15) is 44.6 Å². The molecule has 3 heteroatoms. The maximum Gasteiger partial charge on any atom is 0.0763 e. The minimum atomic E-state index is 0.432. The predicted molar refractivity (Wildman–Crippen MR) is 54.5 cm³/mol. The van der Waals surface area contributed by atoms with Gasteiger partial charge < -0.3 is 5.73 Å². The Morgan fingerprint density at radius 2 is 2.23 bits per heavy atom. The topological polar surface area (TPSA) is 43.8 Å². The third-order valence-corrected chi connectivity index (χ3v) is 2.07. The molecule has 2 N–H and O–H groups in total. The molecule has 0 unspecified atom stereocenters. The maximum absolute atomic E-state index is 5.55. The fraction of sp³-hybridized carbons (Fsp3) is 0.700. The molecule has 1 rings (SSSR count). The van der Waals surface area contributed by atoms with Gasteiger partial charge in [-0.25, -0.2) is 0 Å². The molecule has 3 nitrogen and oxygen atoms in total. The highest BCUT2D eigenvalue weighted by Crippen LogP contribution is 2.12. The molecule has 0 saturated carbocycles. The van der Waals surface area contributed by atoms with Crippen molar-refractivity contribution in [3.63, 3.8) is 0 Å². The second kappa shape index (κ2) is 4.42. The lowest BCUT2D eigenvalue weighted by molar-refractivity contribution is 0.502. The summed E-state index contributed by atoms with van der Waals surface area (Å²) in [5.41, 5.74) is 7.85. The van der Waals surface area contributed by atoms with E-state index in [9.17, 15) is 0 Å². The van der Waals surface area contributed by atoms with Crippen LogP contribution in [0.5, 0.6) is 0 Å². The summed E-state index contributed by atoms with van der Waals surface area (Å²) in [6.45, 7) is 7.01. The Balaban J connectivity index is 2.93. The molecule has 0 spiro atoms. The number of rotatable bonds is 4. The average Bonchev–Trinajstić information content (AvgIpc) is 2.48. The summed E-state index contributed by atoms with van der Waals surface area (Å²) in [7, 11) is 0. The van der Waals surface area contributed by atoms with Crippen LogP contribution in [-0.4, -0.2) is 9.78 Å². The van der Waals surface area contributed by atoms with E-state index >= 15 is 0 Å². The molecule has 0 aliphatic heterocycles. The highest BCUT2D eigenvalue weighted by atomic mass is 15.3. The van der Waals surface area contributed by atoms with Gasteiger partial charge in [0.25, 0.3) is 0 Å². The molecule has 0 fully saturated rings. The number of hydrogen-bond acceptors (Lipinski definition) is 2. The van der Waals surface area contributed by atoms with Gasteiger partial charge >= 0.3 is 0 Å². The van der Waals surface area contributed by atoms with Crippen LogP contribution in [0.2, 0.25) is 0 Å². The van der Waals surface area contributed by atoms with Crippen molar-refractivity contribution in [1.29, 1.82) is 0 Å². The van der Waals surface area contributed by atoms with Gasteiger partial charge in [-0.3, -0.25) is 4.68 Å². The van der Waals surface area contributed by atoms with Gasteiger partial charge in [0, 0.05) is 18.3 Å². The van der Waals surface area contributed by atoms with Crippen molar-refractivity contribution in [2.24, 2.45) is 5.73 Å². The fourth-order valence-electron chi connectivity index (χ4n) is 1.48. The lowest BCUT2D eigenvalue weighted by Crippen LogP contribution is -2.08. The summed E-state index contributed by atoms with van der Waals surface area (Å²) in [6.07, 6.45) is 2.24. The first-order chi connectivity index (χ1) is 6.19. The van der Waals surface area contributed by atoms with Crippen LogP contribution >= 0.6 is 0 Å². The lowest BCUT2D eigenvalue weighted by atomic mass is 10.2. The van der Waals surface area contributed by atoms with E-state index in [1.165, 1.54) is 5.69 Å². The summed E-state index contributed by atoms with van der Waals surface area (Å²) in [5, 5.41) is 4.44. The zero-order valence-corrected chi connectivity index (χ0v) is 8.75. The summed E-state index contributed by atoms with van der Waals surface area (Å²) in [4.78, 5) is 0. The first-order valence-electron chi connectivity index (χ1n) is 4.96. The minimum absolute atomic E-state index is 0.432. The number of aryl methyl sites for hydroxylation is 1. The van der Waals surface area contributed by atoms with E-state index < -0.39 is 0 Å². The average molecular weight is 181 g/mol. The number of nitrogens with two attached hydrogens (primary N) is 1. The van der Waals surface area contributed by atoms with E-state index in [-0.39, 0.29) is 0 Å². The molecule has 1 aromatic rings. The van der Waals surface area contributed by atoms with E-state index in [1.807, 2.05) is 0 Å². The Hall–Kier alpha value is -0.830. The SMILES string of the molecule is CCCc1cc(CN)nn1C(C)C. The Morgan fingerprint density at radius 1 is 1.54 bits per heavy atom. The zero-order valence-electron chi connectivity index (χ0n) is 8.75. The Bertz CT molecular complexity index is 263. The van der Waals surface area contributed by atoms with Gasteiger partial charge in [0.05, 0.1) is 5.69 Å². The summed E-state index contributed by atoms with van der Waals surface area (Å²) in [6, 6.07) is 2.55. The maximum atomic E-state index is 5.55. The quantitative estimate of drug-likeness (QED) is 0.770. The van der Waals surface area contributed by atoms with Crippen LogP contribution in [0.25, 0.3) is 0 Å². The Morgan fingerprint density at radius 3 is 2.69 bits per heavy atom. The van der Waals surface area contributed by atoms with Crippen molar-refractivity contribution in [2.75, 3.05) is 0 Å². The van der Waals surface area contributed by atoms with Gasteiger partial charge in [-0.05, 0) is 26.3 Å². The molecule has 0 radical (unpaired) electrons. The van der Waals surface area contributed by atoms with Gasteiger partial charge in [0.15, 0.2) is 0 Å². The van der Waals surface area contributed by atoms with Crippen molar-refractivity contribution in [3.8, 4) is 0 Å². The second-order valence-corrected chi connectivity index (χ2v) is 3.62. The molecule has 1 heterocycles. The second-order valence-electron chi connectivity index (χ2n) is 3.62. The summed E-state index contributed by atoms with van der Waals surface area (Å²) in [5.74, 6) is 0. The molecular weight excluding hydrogens is 162 g/mol. The number of aromatic nitrogens is 2. The van der Waals surface area contributed by atoms with Crippen molar-refractivity contribution >= 4 is 0 Å². The van der Waals surface area contributed by atoms with Gasteiger partial charge in [0.2, 0.25) is 0 Å². The largest absolute Gasteiger partial charge is 0.325 e. The van der Waals surface area contributed by atoms with E-state index in [0.717, 1.165) is 18.5 Å². The van der Waals surface area contributed by atoms with E-state index in [4.69, 9.17) is 5.73 Å². The minimum Gasteiger partial charge on any atom is -0.325 e. The van der Waals surface area contributed by atoms with Crippen molar-refractivity contribution in [3.05, 3.63) is 17.5 Å². The molecule has 0 saturated heterocycles. The predicted octanol–water partition coefficient (Wildman–Crippen LogP) is 1.88. The monoisotopic (exact) mass is 181 g/mol. The molecule has 74 valence electrons. The van der Waals surface area contributed by atoms with Crippen molar-refractivity contribution < 1.29 is 0 Å². The van der Waals surface area contributed by atoms with Crippen LogP contribution in [-0.2, 0) is 13.0 Å². The summed E-state index contributed by atoms with van der Waals surface area (Å²) < 4.78 is 2.08. The third-order valence-electron chi connectivity index (χ3n) is 2.07. The number of hydrogen-bond donors (Lipinski definition) is 1. The van der Waals surface area contributed by atoms with Crippen molar-refractivity contribution in [2.45, 2.75) is 46.2 Å². The Kier molecular flexibility index (Phi) is 3.48. The molecular formula is C10H19N3. The molecule has 0 atom stereocenters. The van der Waals surface area contributed by atoms with Crippen LogP contribution < -0.4 is 5.73 Å². The van der Waals surface area contributed by atoms with Gasteiger partial charge in [-0.1, -0.05) is 13.3 Å². The van der Waals surface area contributed by atoms with Gasteiger partial charge in [0.1, 0.15) is 0 Å². The van der Waals surface area contributed by atoms with Crippen LogP contribution in [0.4, 0.5) is 0 Å². The van der Waals surface area contributed by atoms with Crippen LogP contribution in [0, 0.1) is 0 Å². The zero-order chi connectivity index (χ0) is 9.84. The highest BCUT2D eigenvalue weighted by Gasteiger charge is 2.08.